The van der Waals surface area contributed by atoms with E-state index in [0.717, 1.165) is 11.1 Å². The average molecular weight is 403 g/mol. The van der Waals surface area contributed by atoms with Gasteiger partial charge in [0.1, 0.15) is 4.83 Å². The van der Waals surface area contributed by atoms with Crippen LogP contribution in [0.1, 0.15) is 25.0 Å². The van der Waals surface area contributed by atoms with Gasteiger partial charge in [0.25, 0.3) is 5.56 Å². The van der Waals surface area contributed by atoms with E-state index in [1.807, 2.05) is 25.3 Å². The molecule has 0 saturated heterocycles. The number of rotatable bonds is 5. The van der Waals surface area contributed by atoms with Crippen molar-refractivity contribution in [3.8, 4) is 11.1 Å². The van der Waals surface area contributed by atoms with Gasteiger partial charge in [0.05, 0.1) is 17.2 Å². The highest BCUT2D eigenvalue weighted by Gasteiger charge is 2.17. The van der Waals surface area contributed by atoms with Crippen LogP contribution >= 0.6 is 23.1 Å². The number of carbonyl (C=O) groups excluding carboxylic acids is 1. The summed E-state index contributed by atoms with van der Waals surface area (Å²) in [4.78, 5) is 30.1. The summed E-state index contributed by atoms with van der Waals surface area (Å²) in [5, 5.41) is 3.12. The summed E-state index contributed by atoms with van der Waals surface area (Å²) in [5.74, 6) is -0.189. The number of fused-ring (bicyclic) bond motifs is 1. The Morgan fingerprint density at radius 2 is 2.04 bits per heavy atom. The predicted octanol–water partition coefficient (Wildman–Crippen LogP) is 4.32. The first-order chi connectivity index (χ1) is 12.8. The van der Waals surface area contributed by atoms with E-state index in [1.54, 1.807) is 7.05 Å². The standard InChI is InChI=1S/C20H22N2O3S2/c1-11(2)25-16(23)10-27-20-21-18-17(19(24)22(20)5)15(9-26-18)14-7-6-12(3)13(4)8-14/h6-9,11H,10H2,1-5H3. The van der Waals surface area contributed by atoms with Crippen molar-refractivity contribution in [2.75, 3.05) is 5.75 Å². The molecule has 0 saturated carbocycles. The van der Waals surface area contributed by atoms with Crippen LogP contribution in [0.25, 0.3) is 21.3 Å². The number of benzene rings is 1. The Labute approximate surface area is 166 Å². The molecule has 7 heteroatoms. The molecule has 1 aromatic carbocycles. The minimum Gasteiger partial charge on any atom is -0.462 e. The van der Waals surface area contributed by atoms with Crippen LogP contribution in [0.15, 0.2) is 33.5 Å². The zero-order valence-corrected chi connectivity index (χ0v) is 17.7. The molecule has 0 spiro atoms. The van der Waals surface area contributed by atoms with Crippen molar-refractivity contribution in [2.24, 2.45) is 7.05 Å². The summed E-state index contributed by atoms with van der Waals surface area (Å²) in [6.45, 7) is 7.75. The predicted molar refractivity (Wildman–Crippen MR) is 112 cm³/mol. The van der Waals surface area contributed by atoms with Gasteiger partial charge < -0.3 is 4.74 Å². The van der Waals surface area contributed by atoms with Crippen LogP contribution in [-0.2, 0) is 16.6 Å². The molecule has 0 aliphatic carbocycles. The number of nitrogens with zero attached hydrogens (tertiary/aromatic N) is 2. The Morgan fingerprint density at radius 3 is 2.70 bits per heavy atom. The maximum absolute atomic E-state index is 13.0. The maximum Gasteiger partial charge on any atom is 0.316 e. The Morgan fingerprint density at radius 1 is 1.30 bits per heavy atom. The third kappa shape index (κ3) is 4.09. The fraction of sp³-hybridized carbons (Fsp3) is 0.350. The minimum atomic E-state index is -0.314. The molecule has 142 valence electrons. The van der Waals surface area contributed by atoms with Crippen molar-refractivity contribution in [1.29, 1.82) is 0 Å². The molecule has 27 heavy (non-hydrogen) atoms. The van der Waals surface area contributed by atoms with Gasteiger partial charge in [0.15, 0.2) is 5.16 Å². The summed E-state index contributed by atoms with van der Waals surface area (Å²) in [5.41, 5.74) is 4.23. The lowest BCUT2D eigenvalue weighted by Gasteiger charge is -2.10. The normalized spacial score (nSPS) is 11.3. The molecule has 0 amide bonds. The minimum absolute atomic E-state index is 0.103. The molecule has 0 atom stereocenters. The van der Waals surface area contributed by atoms with Crippen LogP contribution in [0.2, 0.25) is 0 Å². The highest BCUT2D eigenvalue weighted by molar-refractivity contribution is 7.99. The molecular weight excluding hydrogens is 380 g/mol. The molecule has 3 rings (SSSR count). The van der Waals surface area contributed by atoms with Gasteiger partial charge in [0.2, 0.25) is 0 Å². The lowest BCUT2D eigenvalue weighted by atomic mass is 10.0. The third-order valence-corrected chi connectivity index (χ3v) is 6.15. The number of thiophene rings is 1. The first kappa shape index (κ1) is 19.6. The average Bonchev–Trinajstić information content (AvgIpc) is 3.02. The van der Waals surface area contributed by atoms with Gasteiger partial charge in [-0.15, -0.1) is 11.3 Å². The first-order valence-corrected chi connectivity index (χ1v) is 10.5. The molecule has 5 nitrogen and oxygen atoms in total. The molecule has 3 aromatic rings. The topological polar surface area (TPSA) is 61.2 Å². The fourth-order valence-electron chi connectivity index (χ4n) is 2.72. The number of aromatic nitrogens is 2. The van der Waals surface area contributed by atoms with Gasteiger partial charge in [-0.05, 0) is 44.4 Å². The zero-order valence-electron chi connectivity index (χ0n) is 16.0. The molecule has 0 fully saturated rings. The number of thioether (sulfide) groups is 1. The van der Waals surface area contributed by atoms with Gasteiger partial charge in [-0.25, -0.2) is 4.98 Å². The van der Waals surface area contributed by atoms with Gasteiger partial charge in [0, 0.05) is 18.0 Å². The molecule has 0 N–H and O–H groups in total. The number of carbonyl (C=O) groups is 1. The monoisotopic (exact) mass is 402 g/mol. The second kappa shape index (κ2) is 7.86. The van der Waals surface area contributed by atoms with Gasteiger partial charge in [-0.2, -0.15) is 0 Å². The van der Waals surface area contributed by atoms with Gasteiger partial charge >= 0.3 is 5.97 Å². The molecule has 2 aromatic heterocycles. The van der Waals surface area contributed by atoms with Crippen molar-refractivity contribution in [2.45, 2.75) is 39.0 Å². The highest BCUT2D eigenvalue weighted by atomic mass is 32.2. The van der Waals surface area contributed by atoms with E-state index < -0.39 is 0 Å². The number of aryl methyl sites for hydroxylation is 2. The summed E-state index contributed by atoms with van der Waals surface area (Å²) < 4.78 is 6.65. The Balaban J connectivity index is 1.98. The Hall–Kier alpha value is -2.12. The van der Waals surface area contributed by atoms with Crippen LogP contribution in [0, 0.1) is 13.8 Å². The number of hydrogen-bond acceptors (Lipinski definition) is 6. The van der Waals surface area contributed by atoms with Crippen molar-refractivity contribution < 1.29 is 9.53 Å². The highest BCUT2D eigenvalue weighted by Crippen LogP contribution is 2.32. The third-order valence-electron chi connectivity index (χ3n) is 4.28. The van der Waals surface area contributed by atoms with Gasteiger partial charge in [-0.1, -0.05) is 30.0 Å². The second-order valence-electron chi connectivity index (χ2n) is 6.71. The van der Waals surface area contributed by atoms with Crippen LogP contribution < -0.4 is 5.56 Å². The van der Waals surface area contributed by atoms with Crippen molar-refractivity contribution in [3.63, 3.8) is 0 Å². The van der Waals surface area contributed by atoms with Crippen LogP contribution in [0.4, 0.5) is 0 Å². The smallest absolute Gasteiger partial charge is 0.316 e. The van der Waals surface area contributed by atoms with Crippen molar-refractivity contribution in [1.82, 2.24) is 9.55 Å². The summed E-state index contributed by atoms with van der Waals surface area (Å²) in [6, 6.07) is 6.20. The van der Waals surface area contributed by atoms with Gasteiger partial charge in [-0.3, -0.25) is 14.2 Å². The number of ether oxygens (including phenoxy) is 1. The van der Waals surface area contributed by atoms with E-state index in [4.69, 9.17) is 4.74 Å². The molecule has 2 heterocycles. The summed E-state index contributed by atoms with van der Waals surface area (Å²) in [7, 11) is 1.69. The van der Waals surface area contributed by atoms with Crippen LogP contribution in [-0.4, -0.2) is 27.4 Å². The van der Waals surface area contributed by atoms with Crippen molar-refractivity contribution in [3.05, 3.63) is 45.1 Å². The Kier molecular flexibility index (Phi) is 5.72. The largest absolute Gasteiger partial charge is 0.462 e. The fourth-order valence-corrected chi connectivity index (χ4v) is 4.47. The lowest BCUT2D eigenvalue weighted by molar-refractivity contribution is -0.144. The number of esters is 1. The van der Waals surface area contributed by atoms with E-state index in [2.05, 4.69) is 31.0 Å². The lowest BCUT2D eigenvalue weighted by Crippen LogP contribution is -2.21. The molecular formula is C20H22N2O3S2. The molecule has 0 aliphatic rings. The second-order valence-corrected chi connectivity index (χ2v) is 8.52. The first-order valence-electron chi connectivity index (χ1n) is 8.66. The van der Waals surface area contributed by atoms with E-state index in [1.165, 1.54) is 38.8 Å². The van der Waals surface area contributed by atoms with Crippen LogP contribution in [0.5, 0.6) is 0 Å². The van der Waals surface area contributed by atoms with E-state index in [9.17, 15) is 9.59 Å². The van der Waals surface area contributed by atoms with E-state index in [0.29, 0.717) is 15.4 Å². The molecule has 0 radical (unpaired) electrons. The van der Waals surface area contributed by atoms with Crippen molar-refractivity contribution >= 4 is 39.3 Å². The zero-order chi connectivity index (χ0) is 19.7. The van der Waals surface area contributed by atoms with E-state index >= 15 is 0 Å². The van der Waals surface area contributed by atoms with E-state index in [-0.39, 0.29) is 23.4 Å². The molecule has 0 bridgehead atoms. The number of hydrogen-bond donors (Lipinski definition) is 0. The summed E-state index contributed by atoms with van der Waals surface area (Å²) >= 11 is 2.67. The quantitative estimate of drug-likeness (QED) is 0.361. The Bertz CT molecular complexity index is 1070. The van der Waals surface area contributed by atoms with Crippen LogP contribution in [0.3, 0.4) is 0 Å². The summed E-state index contributed by atoms with van der Waals surface area (Å²) in [6.07, 6.45) is -0.157. The SMILES string of the molecule is Cc1ccc(-c2csc3nc(SCC(=O)OC(C)C)n(C)c(=O)c23)cc1C. The molecule has 0 unspecified atom stereocenters. The maximum atomic E-state index is 13.0. The molecule has 0 aliphatic heterocycles.